The van der Waals surface area contributed by atoms with Crippen molar-refractivity contribution in [1.82, 2.24) is 25.0 Å². The summed E-state index contributed by atoms with van der Waals surface area (Å²) in [4.78, 5) is 33.6. The third-order valence-electron chi connectivity index (χ3n) is 9.11. The van der Waals surface area contributed by atoms with Crippen LogP contribution in [0, 0.1) is 0 Å². The number of aryl methyl sites for hydroxylation is 1. The van der Waals surface area contributed by atoms with E-state index in [1.54, 1.807) is 10.7 Å². The van der Waals surface area contributed by atoms with Crippen molar-refractivity contribution < 1.29 is 32.2 Å². The van der Waals surface area contributed by atoms with E-state index < -0.39 is 17.7 Å². The van der Waals surface area contributed by atoms with Crippen LogP contribution < -0.4 is 15.0 Å². The van der Waals surface area contributed by atoms with E-state index >= 15 is 0 Å². The van der Waals surface area contributed by atoms with Crippen LogP contribution in [0.3, 0.4) is 0 Å². The molecular formula is C32H38BrF3N6O4. The number of carbonyl (C=O) groups is 2. The van der Waals surface area contributed by atoms with Crippen molar-refractivity contribution in [2.75, 3.05) is 44.2 Å². The summed E-state index contributed by atoms with van der Waals surface area (Å²) >= 11 is 2.97. The first-order chi connectivity index (χ1) is 22.0. The molecule has 2 aromatic heterocycles. The van der Waals surface area contributed by atoms with Gasteiger partial charge in [0, 0.05) is 62.7 Å². The van der Waals surface area contributed by atoms with Gasteiger partial charge in [0.15, 0.2) is 5.65 Å². The second-order valence-electron chi connectivity index (χ2n) is 12.3. The van der Waals surface area contributed by atoms with Gasteiger partial charge in [-0.25, -0.2) is 4.98 Å². The smallest absolute Gasteiger partial charge is 0.417 e. The van der Waals surface area contributed by atoms with Gasteiger partial charge in [-0.05, 0) is 68.9 Å². The van der Waals surface area contributed by atoms with Crippen LogP contribution in [0.5, 0.6) is 5.75 Å². The highest BCUT2D eigenvalue weighted by Crippen LogP contribution is 2.38. The van der Waals surface area contributed by atoms with E-state index in [2.05, 4.69) is 36.1 Å². The first-order valence-electron chi connectivity index (χ1n) is 15.8. The van der Waals surface area contributed by atoms with Crippen molar-refractivity contribution in [3.63, 3.8) is 0 Å². The molecular weight excluding hydrogens is 669 g/mol. The number of carbonyl (C=O) groups excluding carboxylic acids is 2. The Morgan fingerprint density at radius 3 is 2.46 bits per heavy atom. The minimum absolute atomic E-state index is 0.00875. The van der Waals surface area contributed by atoms with Gasteiger partial charge in [0.2, 0.25) is 11.8 Å². The predicted molar refractivity (Wildman–Crippen MR) is 169 cm³/mol. The van der Waals surface area contributed by atoms with E-state index in [4.69, 9.17) is 14.5 Å². The Kier molecular flexibility index (Phi) is 9.85. The van der Waals surface area contributed by atoms with Crippen molar-refractivity contribution >= 4 is 44.6 Å². The number of hydrogen-bond donors (Lipinski definition) is 1. The molecule has 2 amide bonds. The number of rotatable bonds is 9. The number of piperazine rings is 1. The van der Waals surface area contributed by atoms with E-state index in [-0.39, 0.29) is 34.2 Å². The number of halogens is 4. The molecule has 1 aromatic carbocycles. The lowest BCUT2D eigenvalue weighted by Gasteiger charge is -2.35. The van der Waals surface area contributed by atoms with Crippen molar-refractivity contribution in [2.45, 2.75) is 69.2 Å². The molecule has 3 aliphatic rings. The molecule has 4 heterocycles. The third-order valence-corrected chi connectivity index (χ3v) is 9.80. The number of ether oxygens (including phenoxy) is 2. The lowest BCUT2D eigenvalue weighted by Crippen LogP contribution is -2.47. The molecule has 1 aliphatic carbocycles. The van der Waals surface area contributed by atoms with Crippen LogP contribution in [-0.2, 0) is 27.5 Å². The molecule has 0 spiro atoms. The van der Waals surface area contributed by atoms with E-state index in [1.807, 2.05) is 19.2 Å². The molecule has 46 heavy (non-hydrogen) atoms. The molecule has 3 fully saturated rings. The Balaban J connectivity index is 0.908. The number of piperidine rings is 1. The van der Waals surface area contributed by atoms with Gasteiger partial charge in [0.1, 0.15) is 11.6 Å². The van der Waals surface area contributed by atoms with E-state index in [9.17, 15) is 22.8 Å². The Morgan fingerprint density at radius 1 is 1.00 bits per heavy atom. The van der Waals surface area contributed by atoms with Crippen LogP contribution in [0.15, 0.2) is 34.8 Å². The molecule has 1 atom stereocenters. The third kappa shape index (κ3) is 7.49. The van der Waals surface area contributed by atoms with Gasteiger partial charge in [-0.3, -0.25) is 24.5 Å². The van der Waals surface area contributed by atoms with Crippen LogP contribution >= 0.6 is 15.9 Å². The molecule has 1 saturated carbocycles. The van der Waals surface area contributed by atoms with E-state index in [0.717, 1.165) is 87.7 Å². The van der Waals surface area contributed by atoms with Gasteiger partial charge in [-0.1, -0.05) is 15.9 Å². The summed E-state index contributed by atoms with van der Waals surface area (Å²) in [6.45, 7) is 5.16. The number of amides is 2. The van der Waals surface area contributed by atoms with Gasteiger partial charge >= 0.3 is 6.18 Å². The summed E-state index contributed by atoms with van der Waals surface area (Å²) in [5.41, 5.74) is 0.660. The van der Waals surface area contributed by atoms with Crippen LogP contribution in [0.1, 0.15) is 62.1 Å². The minimum atomic E-state index is -4.43. The Labute approximate surface area is 273 Å². The topological polar surface area (TPSA) is 102 Å². The number of nitrogens with one attached hydrogen (secondary N) is 1. The summed E-state index contributed by atoms with van der Waals surface area (Å²) in [6.07, 6.45) is 0.447. The highest BCUT2D eigenvalue weighted by atomic mass is 79.9. The first kappa shape index (κ1) is 32.7. The van der Waals surface area contributed by atoms with Gasteiger partial charge in [-0.15, -0.1) is 0 Å². The van der Waals surface area contributed by atoms with Gasteiger partial charge in [0.25, 0.3) is 0 Å². The highest BCUT2D eigenvalue weighted by molar-refractivity contribution is 9.10. The van der Waals surface area contributed by atoms with Crippen LogP contribution in [-0.4, -0.2) is 83.0 Å². The van der Waals surface area contributed by atoms with Gasteiger partial charge in [-0.2, -0.15) is 18.3 Å². The average molecular weight is 708 g/mol. The zero-order valence-electron chi connectivity index (χ0n) is 25.7. The van der Waals surface area contributed by atoms with E-state index in [0.29, 0.717) is 25.1 Å². The largest absolute Gasteiger partial charge is 0.490 e. The fourth-order valence-electron chi connectivity index (χ4n) is 6.58. The molecule has 0 radical (unpaired) electrons. The summed E-state index contributed by atoms with van der Waals surface area (Å²) in [5.74, 6) is 0.131. The number of fused-ring (bicyclic) bond motifs is 1. The Hall–Kier alpha value is -3.23. The second-order valence-corrected chi connectivity index (χ2v) is 13.1. The van der Waals surface area contributed by atoms with Crippen molar-refractivity contribution in [1.29, 1.82) is 0 Å². The zero-order valence-corrected chi connectivity index (χ0v) is 27.3. The standard InChI is InChI=1S/C32H38BrF3N6O4/c1-40-30-23(29(39-40)24-9-12-28(43)38-31(24)44)8-11-27(37-30)42-16-14-41(15-17-42)13-2-18-45-20-3-5-21(6-4-20)46-22-7-10-26(33)25(19-22)32(34,35)36/h7-8,10-11,19-21,24H,2-6,9,12-18H2,1H3,(H,38,43,44). The Morgan fingerprint density at radius 2 is 1.74 bits per heavy atom. The van der Waals surface area contributed by atoms with Crippen molar-refractivity contribution in [3.8, 4) is 5.75 Å². The predicted octanol–water partition coefficient (Wildman–Crippen LogP) is 5.19. The number of alkyl halides is 3. The van der Waals surface area contributed by atoms with Crippen LogP contribution in [0.4, 0.5) is 19.0 Å². The molecule has 14 heteroatoms. The molecule has 2 aliphatic heterocycles. The number of pyridine rings is 1. The number of imide groups is 1. The first-order valence-corrected chi connectivity index (χ1v) is 16.6. The lowest BCUT2D eigenvalue weighted by atomic mass is 9.93. The number of aromatic nitrogens is 3. The summed E-state index contributed by atoms with van der Waals surface area (Å²) in [7, 11) is 1.83. The number of nitrogens with zero attached hydrogens (tertiary/aromatic N) is 5. The number of anilines is 1. The number of benzene rings is 1. The van der Waals surface area contributed by atoms with Crippen LogP contribution in [0.2, 0.25) is 0 Å². The van der Waals surface area contributed by atoms with Crippen molar-refractivity contribution in [2.24, 2.45) is 7.05 Å². The fourth-order valence-corrected chi connectivity index (χ4v) is 7.05. The maximum Gasteiger partial charge on any atom is 0.417 e. The Bertz CT molecular complexity index is 1570. The molecule has 1 N–H and O–H groups in total. The molecule has 6 rings (SSSR count). The quantitative estimate of drug-likeness (QED) is 0.240. The monoisotopic (exact) mass is 706 g/mol. The van der Waals surface area contributed by atoms with Gasteiger partial charge < -0.3 is 14.4 Å². The molecule has 10 nitrogen and oxygen atoms in total. The summed E-state index contributed by atoms with van der Waals surface area (Å²) in [5, 5.41) is 7.85. The molecule has 2 saturated heterocycles. The minimum Gasteiger partial charge on any atom is -0.490 e. The maximum absolute atomic E-state index is 13.2. The maximum atomic E-state index is 13.2. The number of hydrogen-bond acceptors (Lipinski definition) is 8. The second kappa shape index (κ2) is 13.9. The highest BCUT2D eigenvalue weighted by Gasteiger charge is 2.34. The van der Waals surface area contributed by atoms with Crippen molar-refractivity contribution in [3.05, 3.63) is 46.1 Å². The molecule has 0 bridgehead atoms. The average Bonchev–Trinajstić information content (AvgIpc) is 3.36. The van der Waals surface area contributed by atoms with E-state index in [1.165, 1.54) is 6.07 Å². The molecule has 3 aromatic rings. The molecule has 248 valence electrons. The normalized spacial score (nSPS) is 23.2. The summed E-state index contributed by atoms with van der Waals surface area (Å²) in [6, 6.07) is 7.98. The van der Waals surface area contributed by atoms with Crippen LogP contribution in [0.25, 0.3) is 11.0 Å². The SMILES string of the molecule is Cn1nc(C2CCC(=O)NC2=O)c2ccc(N3CCN(CCCOC4CCC(Oc5ccc(Br)c(C(F)(F)F)c5)CC4)CC3)nc21. The lowest BCUT2D eigenvalue weighted by molar-refractivity contribution is -0.138. The van der Waals surface area contributed by atoms with Gasteiger partial charge in [0.05, 0.1) is 29.4 Å². The fraction of sp³-hybridized carbons (Fsp3) is 0.562. The molecule has 1 unspecified atom stereocenters. The summed E-state index contributed by atoms with van der Waals surface area (Å²) < 4.78 is 53.4. The zero-order chi connectivity index (χ0) is 32.4.